The molecule has 1 aromatic heterocycles. The largest absolute Gasteiger partial charge is 0.460 e. The summed E-state index contributed by atoms with van der Waals surface area (Å²) in [6.45, 7) is 3.87. The average Bonchev–Trinajstić information content (AvgIpc) is 3.16. The molecule has 2 aromatic rings. The van der Waals surface area contributed by atoms with Crippen molar-refractivity contribution in [2.75, 3.05) is 12.3 Å². The lowest BCUT2D eigenvalue weighted by Crippen LogP contribution is -2.42. The van der Waals surface area contributed by atoms with Crippen LogP contribution in [0.3, 0.4) is 0 Å². The Morgan fingerprint density at radius 3 is 2.72 bits per heavy atom. The van der Waals surface area contributed by atoms with Gasteiger partial charge in [0.1, 0.15) is 18.2 Å². The van der Waals surface area contributed by atoms with Crippen molar-refractivity contribution >= 4 is 38.6 Å². The average molecular weight is 442 g/mol. The van der Waals surface area contributed by atoms with Crippen molar-refractivity contribution in [2.45, 2.75) is 52.2 Å². The summed E-state index contributed by atoms with van der Waals surface area (Å²) in [6.07, 6.45) is 2.19. The van der Waals surface area contributed by atoms with Gasteiger partial charge in [-0.25, -0.2) is 13.2 Å². The van der Waals surface area contributed by atoms with Crippen LogP contribution in [0.1, 0.15) is 44.2 Å². The van der Waals surface area contributed by atoms with Crippen LogP contribution in [0.5, 0.6) is 0 Å². The molecule has 1 fully saturated rings. The topological polar surface area (TPSA) is 93.9 Å². The molecule has 1 aromatic carbocycles. The molecule has 0 spiro atoms. The Morgan fingerprint density at radius 2 is 2.03 bits per heavy atom. The van der Waals surface area contributed by atoms with E-state index in [1.54, 1.807) is 19.1 Å². The van der Waals surface area contributed by atoms with Crippen molar-refractivity contribution in [3.05, 3.63) is 44.8 Å². The molecule has 1 atom stereocenters. The van der Waals surface area contributed by atoms with E-state index in [0.717, 1.165) is 5.56 Å². The zero-order chi connectivity index (χ0) is 21.2. The first kappa shape index (κ1) is 21.8. The standard InChI is InChI=1S/C20H24ClNO6S/c1-3-8-29(25,26)22-7-5-6-17(22)20(24)27-12-14-10-19(23)28-18-9-13(4-2)16(21)11-15(14)18/h9-11,17H,3-8,12H2,1-2H3/t17-/m1/s1. The first-order valence-electron chi connectivity index (χ1n) is 9.68. The number of halogens is 1. The second-order valence-electron chi connectivity index (χ2n) is 7.08. The number of carbonyl (C=O) groups excluding carboxylic acids is 1. The fourth-order valence-corrected chi connectivity index (χ4v) is 5.64. The predicted molar refractivity (Wildman–Crippen MR) is 110 cm³/mol. The first-order valence-corrected chi connectivity index (χ1v) is 11.7. The molecule has 0 amide bonds. The second-order valence-corrected chi connectivity index (χ2v) is 9.52. The molecule has 7 nitrogen and oxygen atoms in total. The fourth-order valence-electron chi connectivity index (χ4n) is 3.61. The van der Waals surface area contributed by atoms with E-state index in [9.17, 15) is 18.0 Å². The molecule has 1 aliphatic heterocycles. The molecule has 0 saturated carbocycles. The minimum Gasteiger partial charge on any atom is -0.460 e. The highest BCUT2D eigenvalue weighted by Crippen LogP contribution is 2.27. The maximum atomic E-state index is 12.6. The number of aryl methyl sites for hydroxylation is 1. The van der Waals surface area contributed by atoms with E-state index in [-0.39, 0.29) is 12.4 Å². The van der Waals surface area contributed by atoms with Gasteiger partial charge in [-0.15, -0.1) is 0 Å². The third kappa shape index (κ3) is 4.65. The van der Waals surface area contributed by atoms with Crippen LogP contribution in [-0.2, 0) is 32.6 Å². The molecule has 0 unspecified atom stereocenters. The summed E-state index contributed by atoms with van der Waals surface area (Å²) in [4.78, 5) is 24.5. The van der Waals surface area contributed by atoms with Gasteiger partial charge in [0.2, 0.25) is 10.0 Å². The number of fused-ring (bicyclic) bond motifs is 1. The first-order chi connectivity index (χ1) is 13.8. The van der Waals surface area contributed by atoms with Gasteiger partial charge < -0.3 is 9.15 Å². The lowest BCUT2D eigenvalue weighted by Gasteiger charge is -2.22. The van der Waals surface area contributed by atoms with Gasteiger partial charge in [-0.05, 0) is 43.4 Å². The summed E-state index contributed by atoms with van der Waals surface area (Å²) in [5, 5.41) is 1.12. The highest BCUT2D eigenvalue weighted by molar-refractivity contribution is 7.89. The molecule has 0 aliphatic carbocycles. The van der Waals surface area contributed by atoms with E-state index in [4.69, 9.17) is 20.8 Å². The summed E-state index contributed by atoms with van der Waals surface area (Å²) in [5.41, 5.74) is 1.13. The highest BCUT2D eigenvalue weighted by atomic mass is 35.5. The van der Waals surface area contributed by atoms with Crippen LogP contribution in [0.25, 0.3) is 11.0 Å². The minimum absolute atomic E-state index is 0.000586. The number of hydrogen-bond donors (Lipinski definition) is 0. The van der Waals surface area contributed by atoms with Crippen LogP contribution in [0.15, 0.2) is 27.4 Å². The minimum atomic E-state index is -3.49. The van der Waals surface area contributed by atoms with E-state index < -0.39 is 27.7 Å². The quantitative estimate of drug-likeness (QED) is 0.483. The molecule has 0 radical (unpaired) electrons. The van der Waals surface area contributed by atoms with Gasteiger partial charge >= 0.3 is 11.6 Å². The van der Waals surface area contributed by atoms with E-state index in [1.807, 2.05) is 6.92 Å². The van der Waals surface area contributed by atoms with Gasteiger partial charge in [0, 0.05) is 28.6 Å². The molecular weight excluding hydrogens is 418 g/mol. The molecule has 158 valence electrons. The Balaban J connectivity index is 1.82. The summed E-state index contributed by atoms with van der Waals surface area (Å²) in [5.74, 6) is -0.612. The van der Waals surface area contributed by atoms with Crippen molar-refractivity contribution in [1.29, 1.82) is 0 Å². The highest BCUT2D eigenvalue weighted by Gasteiger charge is 2.39. The number of rotatable bonds is 7. The number of nitrogens with zero attached hydrogens (tertiary/aromatic N) is 1. The van der Waals surface area contributed by atoms with Crippen LogP contribution in [-0.4, -0.2) is 37.0 Å². The third-order valence-electron chi connectivity index (χ3n) is 5.04. The molecule has 9 heteroatoms. The van der Waals surface area contributed by atoms with Gasteiger partial charge in [0.15, 0.2) is 0 Å². The smallest absolute Gasteiger partial charge is 0.336 e. The maximum Gasteiger partial charge on any atom is 0.336 e. The van der Waals surface area contributed by atoms with Crippen LogP contribution in [0, 0.1) is 0 Å². The van der Waals surface area contributed by atoms with Crippen LogP contribution < -0.4 is 5.63 Å². The van der Waals surface area contributed by atoms with Crippen LogP contribution in [0.2, 0.25) is 5.02 Å². The van der Waals surface area contributed by atoms with Gasteiger partial charge in [-0.3, -0.25) is 4.79 Å². The Kier molecular flexibility index (Phi) is 6.65. The molecule has 1 saturated heterocycles. The van der Waals surface area contributed by atoms with E-state index in [0.29, 0.717) is 53.8 Å². The molecule has 29 heavy (non-hydrogen) atoms. The second kappa shape index (κ2) is 8.85. The van der Waals surface area contributed by atoms with Crippen molar-refractivity contribution in [1.82, 2.24) is 4.31 Å². The van der Waals surface area contributed by atoms with Gasteiger partial charge in [-0.1, -0.05) is 25.4 Å². The number of ether oxygens (including phenoxy) is 1. The summed E-state index contributed by atoms with van der Waals surface area (Å²) in [6, 6.07) is 3.83. The molecule has 0 N–H and O–H groups in total. The number of hydrogen-bond acceptors (Lipinski definition) is 6. The SMILES string of the molecule is CCCS(=O)(=O)N1CCC[C@@H]1C(=O)OCc1cc(=O)oc2cc(CC)c(Cl)cc12. The maximum absolute atomic E-state index is 12.6. The zero-order valence-electron chi connectivity index (χ0n) is 16.4. The van der Waals surface area contributed by atoms with Crippen molar-refractivity contribution in [3.8, 4) is 0 Å². The van der Waals surface area contributed by atoms with Gasteiger partial charge in [-0.2, -0.15) is 4.31 Å². The van der Waals surface area contributed by atoms with Crippen molar-refractivity contribution < 1.29 is 22.4 Å². The lowest BCUT2D eigenvalue weighted by molar-refractivity contribution is -0.148. The zero-order valence-corrected chi connectivity index (χ0v) is 18.0. The number of sulfonamides is 1. The molecule has 1 aliphatic rings. The van der Waals surface area contributed by atoms with E-state index in [1.165, 1.54) is 10.4 Å². The summed E-state index contributed by atoms with van der Waals surface area (Å²) < 4.78 is 36.7. The van der Waals surface area contributed by atoms with E-state index >= 15 is 0 Å². The van der Waals surface area contributed by atoms with Crippen LogP contribution in [0.4, 0.5) is 0 Å². The molecule has 2 heterocycles. The Bertz CT molecular complexity index is 1080. The van der Waals surface area contributed by atoms with Crippen LogP contribution >= 0.6 is 11.6 Å². The lowest BCUT2D eigenvalue weighted by atomic mass is 10.1. The van der Waals surface area contributed by atoms with Crippen molar-refractivity contribution in [3.63, 3.8) is 0 Å². The Labute approximate surface area is 174 Å². The van der Waals surface area contributed by atoms with Gasteiger partial charge in [0.05, 0.1) is 5.75 Å². The molecule has 0 bridgehead atoms. The Morgan fingerprint density at radius 1 is 1.28 bits per heavy atom. The molecule has 3 rings (SSSR count). The predicted octanol–water partition coefficient (Wildman–Crippen LogP) is 3.26. The van der Waals surface area contributed by atoms with Gasteiger partial charge in [0.25, 0.3) is 0 Å². The summed E-state index contributed by atoms with van der Waals surface area (Å²) >= 11 is 6.28. The number of benzene rings is 1. The monoisotopic (exact) mass is 441 g/mol. The third-order valence-corrected chi connectivity index (χ3v) is 7.47. The van der Waals surface area contributed by atoms with E-state index in [2.05, 4.69) is 0 Å². The number of carbonyl (C=O) groups is 1. The molecular formula is C20H24ClNO6S. The summed E-state index contributed by atoms with van der Waals surface area (Å²) in [7, 11) is -3.49. The number of esters is 1. The van der Waals surface area contributed by atoms with Crippen molar-refractivity contribution in [2.24, 2.45) is 0 Å². The normalized spacial score (nSPS) is 17.7. The Hall–Kier alpha value is -1.90. The fraction of sp³-hybridized carbons (Fsp3) is 0.500.